The van der Waals surface area contributed by atoms with E-state index in [1.165, 1.54) is 13.2 Å². The van der Waals surface area contributed by atoms with Crippen LogP contribution in [0.2, 0.25) is 0 Å². The number of carbonyl (C=O) groups excluding carboxylic acids is 1. The van der Waals surface area contributed by atoms with Gasteiger partial charge in [-0.1, -0.05) is 12.1 Å². The topological polar surface area (TPSA) is 135 Å². The van der Waals surface area contributed by atoms with Crippen LogP contribution in [-0.2, 0) is 4.79 Å². The molecule has 140 valence electrons. The van der Waals surface area contributed by atoms with Crippen molar-refractivity contribution in [1.29, 1.82) is 0 Å². The summed E-state index contributed by atoms with van der Waals surface area (Å²) < 4.78 is 15.8. The highest BCUT2D eigenvalue weighted by atomic mass is 16.6. The zero-order valence-corrected chi connectivity index (χ0v) is 14.1. The van der Waals surface area contributed by atoms with E-state index < -0.39 is 28.4 Å². The number of nitro groups is 1. The van der Waals surface area contributed by atoms with Crippen LogP contribution in [0.15, 0.2) is 41.5 Å². The monoisotopic (exact) mass is 372 g/mol. The number of hydrazone groups is 1. The van der Waals surface area contributed by atoms with Crippen molar-refractivity contribution in [1.82, 2.24) is 5.43 Å². The Morgan fingerprint density at radius 3 is 2.81 bits per heavy atom. The smallest absolute Gasteiger partial charge is 0.284 e. The minimum Gasteiger partial charge on any atom is -0.865 e. The molecule has 0 saturated heterocycles. The van der Waals surface area contributed by atoms with E-state index in [0.29, 0.717) is 11.5 Å². The lowest BCUT2D eigenvalue weighted by molar-refractivity contribution is -0.398. The summed E-state index contributed by atoms with van der Waals surface area (Å²) in [4.78, 5) is 22.3. The third-order valence-corrected chi connectivity index (χ3v) is 3.66. The Hall–Kier alpha value is -3.82. The second kappa shape index (κ2) is 7.60. The molecule has 3 rings (SSSR count). The maximum Gasteiger partial charge on any atom is 0.284 e. The van der Waals surface area contributed by atoms with Crippen LogP contribution in [0.25, 0.3) is 0 Å². The van der Waals surface area contributed by atoms with E-state index in [1.807, 2.05) is 0 Å². The number of hydrogen-bond donors (Lipinski definition) is 1. The van der Waals surface area contributed by atoms with Crippen molar-refractivity contribution >= 4 is 17.8 Å². The minimum atomic E-state index is -0.898. The third kappa shape index (κ3) is 3.89. The number of hydrogen-bond acceptors (Lipinski definition) is 8. The summed E-state index contributed by atoms with van der Waals surface area (Å²) in [7, 11) is 1.22. The molecule has 0 bridgehead atoms. The number of amides is 1. The molecule has 1 heterocycles. The first-order chi connectivity index (χ1) is 13.0. The van der Waals surface area contributed by atoms with E-state index in [0.717, 1.165) is 12.3 Å². The number of methoxy groups -OCH3 is 1. The van der Waals surface area contributed by atoms with Gasteiger partial charge in [-0.25, -0.2) is 5.43 Å². The van der Waals surface area contributed by atoms with Gasteiger partial charge in [-0.15, -0.1) is 0 Å². The maximum atomic E-state index is 12.1. The number of nitrogens with one attached hydrogen (secondary N) is 1. The van der Waals surface area contributed by atoms with Gasteiger partial charge in [0.15, 0.2) is 11.5 Å². The lowest BCUT2D eigenvalue weighted by Gasteiger charge is -2.24. The molecule has 1 aliphatic heterocycles. The number of para-hydroxylation sites is 2. The fraction of sp³-hybridized carbons (Fsp3) is 0.176. The maximum absolute atomic E-state index is 12.1. The Labute approximate surface area is 153 Å². The van der Waals surface area contributed by atoms with Crippen LogP contribution in [0.4, 0.5) is 5.69 Å². The summed E-state index contributed by atoms with van der Waals surface area (Å²) in [6, 6.07) is 9.25. The van der Waals surface area contributed by atoms with Gasteiger partial charge in [-0.3, -0.25) is 14.9 Å². The molecule has 0 radical (unpaired) electrons. The molecule has 10 nitrogen and oxygen atoms in total. The highest BCUT2D eigenvalue weighted by Crippen LogP contribution is 2.34. The Kier molecular flexibility index (Phi) is 5.06. The molecule has 0 spiro atoms. The average Bonchev–Trinajstić information content (AvgIpc) is 2.68. The SMILES string of the molecule is COc1cc(/C=N\NC(=O)[C@@H]2COc3ccccc3O2)cc([N+](=O)[O-])c1[O-]. The van der Waals surface area contributed by atoms with E-state index >= 15 is 0 Å². The Balaban J connectivity index is 1.68. The van der Waals surface area contributed by atoms with E-state index in [9.17, 15) is 20.0 Å². The van der Waals surface area contributed by atoms with Crippen molar-refractivity contribution in [2.24, 2.45) is 5.10 Å². The molecule has 1 aliphatic rings. The summed E-state index contributed by atoms with van der Waals surface area (Å²) >= 11 is 0. The fourth-order valence-corrected chi connectivity index (χ4v) is 2.36. The van der Waals surface area contributed by atoms with Gasteiger partial charge in [0.05, 0.1) is 18.2 Å². The predicted molar refractivity (Wildman–Crippen MR) is 91.2 cm³/mol. The summed E-state index contributed by atoms with van der Waals surface area (Å²) in [5.41, 5.74) is 1.83. The first-order valence-electron chi connectivity index (χ1n) is 7.74. The number of benzene rings is 2. The van der Waals surface area contributed by atoms with Crippen molar-refractivity contribution in [2.75, 3.05) is 13.7 Å². The summed E-state index contributed by atoms with van der Waals surface area (Å²) in [6.45, 7) is 0.0164. The van der Waals surface area contributed by atoms with Crippen molar-refractivity contribution in [3.8, 4) is 23.0 Å². The number of rotatable bonds is 5. The second-order valence-electron chi connectivity index (χ2n) is 5.43. The second-order valence-corrected chi connectivity index (χ2v) is 5.43. The van der Waals surface area contributed by atoms with Gasteiger partial charge in [0.25, 0.3) is 11.6 Å². The van der Waals surface area contributed by atoms with E-state index in [-0.39, 0.29) is 17.9 Å². The lowest BCUT2D eigenvalue weighted by Crippen LogP contribution is -2.42. The van der Waals surface area contributed by atoms with Gasteiger partial charge >= 0.3 is 0 Å². The quantitative estimate of drug-likeness (QED) is 0.469. The summed E-state index contributed by atoms with van der Waals surface area (Å²) in [6.07, 6.45) is 0.259. The molecule has 27 heavy (non-hydrogen) atoms. The highest BCUT2D eigenvalue weighted by molar-refractivity contribution is 5.86. The van der Waals surface area contributed by atoms with Gasteiger partial charge < -0.3 is 19.3 Å². The Morgan fingerprint density at radius 2 is 2.11 bits per heavy atom. The van der Waals surface area contributed by atoms with E-state index in [4.69, 9.17) is 14.2 Å². The third-order valence-electron chi connectivity index (χ3n) is 3.66. The zero-order chi connectivity index (χ0) is 19.4. The average molecular weight is 372 g/mol. The van der Waals surface area contributed by atoms with Crippen LogP contribution in [0, 0.1) is 10.1 Å². The van der Waals surface area contributed by atoms with Crippen molar-refractivity contribution in [3.05, 3.63) is 52.1 Å². The van der Waals surface area contributed by atoms with Crippen LogP contribution >= 0.6 is 0 Å². The van der Waals surface area contributed by atoms with Gasteiger partial charge in [-0.2, -0.15) is 5.10 Å². The normalized spacial score (nSPS) is 15.4. The van der Waals surface area contributed by atoms with Crippen LogP contribution < -0.4 is 24.7 Å². The minimum absolute atomic E-state index is 0.0164. The summed E-state index contributed by atoms with van der Waals surface area (Å²) in [5, 5.41) is 26.4. The van der Waals surface area contributed by atoms with Crippen LogP contribution in [0.5, 0.6) is 23.0 Å². The molecule has 1 N–H and O–H groups in total. The number of fused-ring (bicyclic) bond motifs is 1. The molecule has 0 fully saturated rings. The molecular formula is C17H14N3O7-. The standard InChI is InChI=1S/C17H15N3O7/c1-25-14-7-10(6-11(16(14)21)20(23)24)8-18-19-17(22)15-9-26-12-4-2-3-5-13(12)27-15/h2-8,15,21H,9H2,1H3,(H,19,22)/p-1/b18-8-/t15-/m0/s1. The Bertz CT molecular complexity index is 913. The van der Waals surface area contributed by atoms with Crippen molar-refractivity contribution in [2.45, 2.75) is 6.10 Å². The first-order valence-corrected chi connectivity index (χ1v) is 7.74. The number of carbonyl (C=O) groups is 1. The lowest BCUT2D eigenvalue weighted by atomic mass is 10.2. The molecule has 1 amide bonds. The van der Waals surface area contributed by atoms with Gasteiger partial charge in [0, 0.05) is 17.4 Å². The van der Waals surface area contributed by atoms with Crippen molar-refractivity contribution < 1.29 is 29.0 Å². The van der Waals surface area contributed by atoms with Crippen LogP contribution in [0.1, 0.15) is 5.56 Å². The van der Waals surface area contributed by atoms with Crippen LogP contribution in [-0.4, -0.2) is 36.9 Å². The molecule has 0 aliphatic carbocycles. The number of nitro benzene ring substituents is 1. The predicted octanol–water partition coefficient (Wildman–Crippen LogP) is 0.967. The molecule has 2 aromatic carbocycles. The number of ether oxygens (including phenoxy) is 3. The largest absolute Gasteiger partial charge is 0.865 e. The molecule has 10 heteroatoms. The molecule has 2 aromatic rings. The summed E-state index contributed by atoms with van der Waals surface area (Å²) in [5.74, 6) is -0.600. The van der Waals surface area contributed by atoms with Gasteiger partial charge in [0.2, 0.25) is 6.10 Å². The molecule has 0 unspecified atom stereocenters. The van der Waals surface area contributed by atoms with Gasteiger partial charge in [-0.05, 0) is 18.2 Å². The van der Waals surface area contributed by atoms with Gasteiger partial charge in [0.1, 0.15) is 12.4 Å². The Morgan fingerprint density at radius 1 is 1.37 bits per heavy atom. The highest BCUT2D eigenvalue weighted by Gasteiger charge is 2.27. The fourth-order valence-electron chi connectivity index (χ4n) is 2.36. The molecule has 0 aromatic heterocycles. The zero-order valence-electron chi connectivity index (χ0n) is 14.1. The number of nitrogens with zero attached hydrogens (tertiary/aromatic N) is 2. The first kappa shape index (κ1) is 18.0. The van der Waals surface area contributed by atoms with Crippen LogP contribution in [0.3, 0.4) is 0 Å². The molecule has 1 atom stereocenters. The van der Waals surface area contributed by atoms with E-state index in [2.05, 4.69) is 10.5 Å². The van der Waals surface area contributed by atoms with Crippen molar-refractivity contribution in [3.63, 3.8) is 0 Å². The molecule has 0 saturated carbocycles. The molecular weight excluding hydrogens is 358 g/mol. The van der Waals surface area contributed by atoms with E-state index in [1.54, 1.807) is 24.3 Å².